The second-order valence-corrected chi connectivity index (χ2v) is 4.06. The maximum absolute atomic E-state index is 11.7. The average molecular weight is 246 g/mol. The number of hydrogen-bond donors (Lipinski definition) is 2. The zero-order chi connectivity index (χ0) is 13.3. The molecule has 2 amide bonds. The van der Waals surface area contributed by atoms with Gasteiger partial charge in [0.1, 0.15) is 6.54 Å². The van der Waals surface area contributed by atoms with Gasteiger partial charge in [0.25, 0.3) is 0 Å². The third-order valence-electron chi connectivity index (χ3n) is 2.16. The molecule has 0 heterocycles. The minimum atomic E-state index is -1.00. The summed E-state index contributed by atoms with van der Waals surface area (Å²) < 4.78 is 4.95. The van der Waals surface area contributed by atoms with Crippen molar-refractivity contribution in [1.29, 1.82) is 0 Å². The van der Waals surface area contributed by atoms with E-state index in [1.165, 1.54) is 4.90 Å². The zero-order valence-corrected chi connectivity index (χ0v) is 10.7. The number of nitrogens with zero attached hydrogens (tertiary/aromatic N) is 1. The van der Waals surface area contributed by atoms with Crippen molar-refractivity contribution in [2.24, 2.45) is 5.92 Å². The molecule has 6 nitrogen and oxygen atoms in total. The van der Waals surface area contributed by atoms with Gasteiger partial charge < -0.3 is 20.1 Å². The molecule has 17 heavy (non-hydrogen) atoms. The Hall–Kier alpha value is -1.30. The Bertz CT molecular complexity index is 246. The van der Waals surface area contributed by atoms with Crippen molar-refractivity contribution in [2.75, 3.05) is 33.4 Å². The van der Waals surface area contributed by atoms with Gasteiger partial charge in [-0.25, -0.2) is 4.79 Å². The molecule has 0 aliphatic heterocycles. The second kappa shape index (κ2) is 8.81. The van der Waals surface area contributed by atoms with Gasteiger partial charge in [0.2, 0.25) is 0 Å². The molecular formula is C11H22N2O4. The first kappa shape index (κ1) is 15.7. The number of carboxylic acid groups (broad SMARTS) is 1. The molecule has 0 bridgehead atoms. The maximum atomic E-state index is 11.7. The SMILES string of the molecule is CCCN(CC(=O)O)C(=O)NCC(C)COC. The molecule has 0 aromatic heterocycles. The Balaban J connectivity index is 4.08. The summed E-state index contributed by atoms with van der Waals surface area (Å²) in [4.78, 5) is 23.6. The molecule has 0 saturated carbocycles. The predicted octanol–water partition coefficient (Wildman–Crippen LogP) is 0.775. The van der Waals surface area contributed by atoms with Gasteiger partial charge in [-0.15, -0.1) is 0 Å². The maximum Gasteiger partial charge on any atom is 0.323 e. The fourth-order valence-electron chi connectivity index (χ4n) is 1.40. The first-order chi connectivity index (χ1) is 8.01. The quantitative estimate of drug-likeness (QED) is 0.663. The van der Waals surface area contributed by atoms with Crippen LogP contribution in [0.2, 0.25) is 0 Å². The van der Waals surface area contributed by atoms with Crippen LogP contribution >= 0.6 is 0 Å². The third kappa shape index (κ3) is 7.57. The average Bonchev–Trinajstić information content (AvgIpc) is 2.25. The number of methoxy groups -OCH3 is 1. The molecule has 0 aromatic carbocycles. The van der Waals surface area contributed by atoms with Crippen molar-refractivity contribution in [1.82, 2.24) is 10.2 Å². The summed E-state index contributed by atoms with van der Waals surface area (Å²) in [5, 5.41) is 11.4. The normalized spacial score (nSPS) is 11.9. The Labute approximate surface area is 102 Å². The molecule has 6 heteroatoms. The van der Waals surface area contributed by atoms with E-state index in [-0.39, 0.29) is 18.5 Å². The molecule has 1 unspecified atom stereocenters. The van der Waals surface area contributed by atoms with Gasteiger partial charge in [0.15, 0.2) is 0 Å². The number of aliphatic carboxylic acids is 1. The molecule has 0 aliphatic carbocycles. The summed E-state index contributed by atoms with van der Waals surface area (Å²) in [6.45, 7) is 5.06. The highest BCUT2D eigenvalue weighted by atomic mass is 16.5. The summed E-state index contributed by atoms with van der Waals surface area (Å²) in [5.41, 5.74) is 0. The van der Waals surface area contributed by atoms with Gasteiger partial charge in [-0.1, -0.05) is 13.8 Å². The van der Waals surface area contributed by atoms with Crippen molar-refractivity contribution >= 4 is 12.0 Å². The van der Waals surface area contributed by atoms with E-state index in [1.807, 2.05) is 13.8 Å². The Morgan fingerprint density at radius 3 is 2.59 bits per heavy atom. The van der Waals surface area contributed by atoms with E-state index < -0.39 is 5.97 Å². The summed E-state index contributed by atoms with van der Waals surface area (Å²) in [5.74, 6) is -0.796. The van der Waals surface area contributed by atoms with Crippen LogP contribution in [0.25, 0.3) is 0 Å². The van der Waals surface area contributed by atoms with Crippen LogP contribution in [0.3, 0.4) is 0 Å². The molecule has 0 aliphatic rings. The number of urea groups is 1. The summed E-state index contributed by atoms with van der Waals surface area (Å²) in [6, 6.07) is -0.336. The highest BCUT2D eigenvalue weighted by Crippen LogP contribution is 1.96. The smallest absolute Gasteiger partial charge is 0.323 e. The summed E-state index contributed by atoms with van der Waals surface area (Å²) >= 11 is 0. The Morgan fingerprint density at radius 1 is 1.47 bits per heavy atom. The number of carbonyl (C=O) groups excluding carboxylic acids is 1. The van der Waals surface area contributed by atoms with Crippen molar-refractivity contribution in [2.45, 2.75) is 20.3 Å². The minimum Gasteiger partial charge on any atom is -0.480 e. The number of hydrogen-bond acceptors (Lipinski definition) is 3. The van der Waals surface area contributed by atoms with E-state index in [1.54, 1.807) is 7.11 Å². The number of nitrogens with one attached hydrogen (secondary N) is 1. The monoisotopic (exact) mass is 246 g/mol. The van der Waals surface area contributed by atoms with Crippen LogP contribution in [0, 0.1) is 5.92 Å². The van der Waals surface area contributed by atoms with Crippen molar-refractivity contribution < 1.29 is 19.4 Å². The van der Waals surface area contributed by atoms with E-state index in [0.717, 1.165) is 6.42 Å². The van der Waals surface area contributed by atoms with Crippen LogP contribution in [-0.4, -0.2) is 55.4 Å². The van der Waals surface area contributed by atoms with Gasteiger partial charge >= 0.3 is 12.0 Å². The van der Waals surface area contributed by atoms with Crippen molar-refractivity contribution in [3.8, 4) is 0 Å². The molecule has 2 N–H and O–H groups in total. The predicted molar refractivity (Wildman–Crippen MR) is 63.9 cm³/mol. The minimum absolute atomic E-state index is 0.206. The second-order valence-electron chi connectivity index (χ2n) is 4.06. The Kier molecular flexibility index (Phi) is 8.13. The van der Waals surface area contributed by atoms with Crippen LogP contribution in [0.4, 0.5) is 4.79 Å². The van der Waals surface area contributed by atoms with Gasteiger partial charge in [0.05, 0.1) is 6.61 Å². The van der Waals surface area contributed by atoms with Crippen molar-refractivity contribution in [3.05, 3.63) is 0 Å². The molecule has 1 atom stereocenters. The third-order valence-corrected chi connectivity index (χ3v) is 2.16. The molecule has 0 aromatic rings. The van der Waals surface area contributed by atoms with Gasteiger partial charge in [-0.3, -0.25) is 4.79 Å². The standard InChI is InChI=1S/C11H22N2O4/c1-4-5-13(7-10(14)15)11(16)12-6-9(2)8-17-3/h9H,4-8H2,1-3H3,(H,12,16)(H,14,15). The van der Waals surface area contributed by atoms with E-state index in [9.17, 15) is 9.59 Å². The van der Waals surface area contributed by atoms with Crippen LogP contribution in [0.1, 0.15) is 20.3 Å². The lowest BCUT2D eigenvalue weighted by Crippen LogP contribution is -2.44. The molecule has 0 spiro atoms. The lowest BCUT2D eigenvalue weighted by atomic mass is 10.2. The summed E-state index contributed by atoms with van der Waals surface area (Å²) in [6.07, 6.45) is 0.730. The fraction of sp³-hybridized carbons (Fsp3) is 0.818. The van der Waals surface area contributed by atoms with Crippen LogP contribution < -0.4 is 5.32 Å². The Morgan fingerprint density at radius 2 is 2.12 bits per heavy atom. The number of carboxylic acids is 1. The highest BCUT2D eigenvalue weighted by Gasteiger charge is 2.15. The topological polar surface area (TPSA) is 78.9 Å². The number of carbonyl (C=O) groups is 2. The summed E-state index contributed by atoms with van der Waals surface area (Å²) in [7, 11) is 1.60. The first-order valence-corrected chi connectivity index (χ1v) is 5.74. The van der Waals surface area contributed by atoms with E-state index in [4.69, 9.17) is 9.84 Å². The van der Waals surface area contributed by atoms with E-state index >= 15 is 0 Å². The molecular weight excluding hydrogens is 224 g/mol. The van der Waals surface area contributed by atoms with Gasteiger partial charge in [-0.05, 0) is 12.3 Å². The highest BCUT2D eigenvalue weighted by molar-refractivity contribution is 5.80. The van der Waals surface area contributed by atoms with E-state index in [2.05, 4.69) is 5.32 Å². The van der Waals surface area contributed by atoms with Crippen LogP contribution in [0.15, 0.2) is 0 Å². The van der Waals surface area contributed by atoms with E-state index in [0.29, 0.717) is 19.7 Å². The molecule has 0 rings (SSSR count). The van der Waals surface area contributed by atoms with Crippen LogP contribution in [0.5, 0.6) is 0 Å². The first-order valence-electron chi connectivity index (χ1n) is 5.74. The zero-order valence-electron chi connectivity index (χ0n) is 10.7. The molecule has 0 saturated heterocycles. The molecule has 0 radical (unpaired) electrons. The van der Waals surface area contributed by atoms with Gasteiger partial charge in [-0.2, -0.15) is 0 Å². The number of amides is 2. The fourth-order valence-corrected chi connectivity index (χ4v) is 1.40. The van der Waals surface area contributed by atoms with Crippen LogP contribution in [-0.2, 0) is 9.53 Å². The number of rotatable bonds is 8. The van der Waals surface area contributed by atoms with Crippen molar-refractivity contribution in [3.63, 3.8) is 0 Å². The molecule has 100 valence electrons. The molecule has 0 fully saturated rings. The van der Waals surface area contributed by atoms with Gasteiger partial charge in [0, 0.05) is 20.2 Å². The largest absolute Gasteiger partial charge is 0.480 e. The lowest BCUT2D eigenvalue weighted by molar-refractivity contribution is -0.137. The number of ether oxygens (including phenoxy) is 1. The lowest BCUT2D eigenvalue weighted by Gasteiger charge is -2.21.